The van der Waals surface area contributed by atoms with Crippen LogP contribution in [0.5, 0.6) is 0 Å². The number of fused-ring (bicyclic) bond motifs is 1. The van der Waals surface area contributed by atoms with Crippen molar-refractivity contribution in [2.24, 2.45) is 4.99 Å². The van der Waals surface area contributed by atoms with Crippen molar-refractivity contribution in [2.75, 3.05) is 43.6 Å². The molecule has 2 aromatic heterocycles. The second kappa shape index (κ2) is 11.2. The van der Waals surface area contributed by atoms with Crippen molar-refractivity contribution < 1.29 is 19.4 Å². The molecule has 0 unspecified atom stereocenters. The molecule has 1 saturated heterocycles. The van der Waals surface area contributed by atoms with Gasteiger partial charge in [0.25, 0.3) is 5.91 Å². The monoisotopic (exact) mass is 568 g/mol. The van der Waals surface area contributed by atoms with Crippen molar-refractivity contribution in [3.05, 3.63) is 89.8 Å². The van der Waals surface area contributed by atoms with Gasteiger partial charge in [0.15, 0.2) is 0 Å². The van der Waals surface area contributed by atoms with E-state index in [4.69, 9.17) is 19.5 Å². The summed E-state index contributed by atoms with van der Waals surface area (Å²) in [7, 11) is 0. The lowest BCUT2D eigenvalue weighted by molar-refractivity contribution is 0.0442. The predicted molar refractivity (Wildman–Crippen MR) is 161 cm³/mol. The zero-order valence-corrected chi connectivity index (χ0v) is 24.0. The predicted octanol–water partition coefficient (Wildman–Crippen LogP) is 4.57. The van der Waals surface area contributed by atoms with E-state index in [9.17, 15) is 9.90 Å². The number of aromatic nitrogens is 2. The lowest BCUT2D eigenvalue weighted by Crippen LogP contribution is -2.39. The number of carbonyl (C=O) groups excluding carboxylic acids is 1. The number of nitrogens with one attached hydrogen (secondary N) is 2. The molecule has 42 heavy (non-hydrogen) atoms. The van der Waals surface area contributed by atoms with Gasteiger partial charge in [-0.05, 0) is 44.4 Å². The van der Waals surface area contributed by atoms with Gasteiger partial charge < -0.3 is 30.1 Å². The van der Waals surface area contributed by atoms with E-state index in [0.717, 1.165) is 18.4 Å². The highest BCUT2D eigenvalue weighted by molar-refractivity contribution is 6.01. The van der Waals surface area contributed by atoms with Crippen molar-refractivity contribution in [3.63, 3.8) is 0 Å². The third-order valence-corrected chi connectivity index (χ3v) is 8.28. The van der Waals surface area contributed by atoms with E-state index in [1.807, 2.05) is 50.2 Å². The average Bonchev–Trinajstić information content (AvgIpc) is 3.48. The van der Waals surface area contributed by atoms with Crippen LogP contribution in [0, 0.1) is 0 Å². The van der Waals surface area contributed by atoms with Gasteiger partial charge >= 0.3 is 0 Å². The summed E-state index contributed by atoms with van der Waals surface area (Å²) in [5, 5.41) is 17.1. The smallest absolute Gasteiger partial charge is 0.256 e. The van der Waals surface area contributed by atoms with Crippen molar-refractivity contribution in [1.82, 2.24) is 14.9 Å². The molecule has 1 aromatic carbocycles. The number of hydrogen-bond acceptors (Lipinski definition) is 9. The number of carbonyl (C=O) groups is 1. The number of nitrogens with zero attached hydrogens (tertiary/aromatic N) is 4. The fraction of sp³-hybridized carbons (Fsp3) is 0.375. The lowest BCUT2D eigenvalue weighted by atomic mass is 9.92. The Labute approximate surface area is 245 Å². The maximum Gasteiger partial charge on any atom is 0.256 e. The van der Waals surface area contributed by atoms with Crippen LogP contribution in [0.2, 0.25) is 0 Å². The minimum absolute atomic E-state index is 0.0569. The average molecular weight is 569 g/mol. The Balaban J connectivity index is 1.33. The van der Waals surface area contributed by atoms with E-state index in [1.165, 1.54) is 0 Å². The number of amides is 1. The van der Waals surface area contributed by atoms with Gasteiger partial charge in [-0.15, -0.1) is 6.58 Å². The molecule has 1 fully saturated rings. The summed E-state index contributed by atoms with van der Waals surface area (Å²) in [6, 6.07) is 14.9. The Morgan fingerprint density at radius 1 is 1.12 bits per heavy atom. The maximum atomic E-state index is 13.0. The molecule has 1 amide bonds. The number of anilines is 3. The summed E-state index contributed by atoms with van der Waals surface area (Å²) in [6.07, 6.45) is 5.07. The zero-order chi connectivity index (χ0) is 29.3. The minimum atomic E-state index is -0.579. The van der Waals surface area contributed by atoms with Crippen LogP contribution < -0.4 is 10.6 Å². The van der Waals surface area contributed by atoms with E-state index in [2.05, 4.69) is 22.2 Å². The SMILES string of the molecule is C=CCN1C(=O)c2ccc(Nc3cc(N[C@H](CO)c4ccccc4)c(C4=NC5(CCOCC5)CO4)cn3)nc2C1(C)C. The van der Waals surface area contributed by atoms with Gasteiger partial charge in [0, 0.05) is 32.0 Å². The number of ether oxygens (including phenoxy) is 2. The zero-order valence-electron chi connectivity index (χ0n) is 24.0. The van der Waals surface area contributed by atoms with Gasteiger partial charge in [-0.1, -0.05) is 36.4 Å². The largest absolute Gasteiger partial charge is 0.475 e. The molecule has 3 aromatic rings. The van der Waals surface area contributed by atoms with E-state index in [1.54, 1.807) is 29.3 Å². The van der Waals surface area contributed by atoms with E-state index >= 15 is 0 Å². The molecule has 5 heterocycles. The number of aliphatic imine (C=N–C) groups is 1. The number of aliphatic hydroxyl groups is 1. The number of aliphatic hydroxyl groups excluding tert-OH is 1. The molecule has 0 saturated carbocycles. The van der Waals surface area contributed by atoms with Crippen LogP contribution in [-0.4, -0.2) is 70.3 Å². The fourth-order valence-electron chi connectivity index (χ4n) is 5.82. The first kappa shape index (κ1) is 27.9. The molecule has 1 spiro atoms. The molecular formula is C32H36N6O4. The molecule has 0 bridgehead atoms. The van der Waals surface area contributed by atoms with Gasteiger partial charge in [0.2, 0.25) is 5.90 Å². The highest BCUT2D eigenvalue weighted by atomic mass is 16.5. The summed E-state index contributed by atoms with van der Waals surface area (Å²) in [5.74, 6) is 1.58. The summed E-state index contributed by atoms with van der Waals surface area (Å²) in [5.41, 5.74) is 2.81. The quantitative estimate of drug-likeness (QED) is 0.321. The number of pyridine rings is 2. The second-order valence-electron chi connectivity index (χ2n) is 11.4. The first-order valence-corrected chi connectivity index (χ1v) is 14.3. The number of rotatable bonds is 9. The molecule has 3 aliphatic rings. The molecule has 0 aliphatic carbocycles. The first-order valence-electron chi connectivity index (χ1n) is 14.3. The third kappa shape index (κ3) is 5.12. The number of hydrogen-bond donors (Lipinski definition) is 3. The molecular weight excluding hydrogens is 532 g/mol. The van der Waals surface area contributed by atoms with Crippen molar-refractivity contribution >= 4 is 29.1 Å². The van der Waals surface area contributed by atoms with Gasteiger partial charge in [0.05, 0.1) is 40.7 Å². The second-order valence-corrected chi connectivity index (χ2v) is 11.4. The van der Waals surface area contributed by atoms with Gasteiger partial charge in [-0.2, -0.15) is 0 Å². The summed E-state index contributed by atoms with van der Waals surface area (Å²) in [4.78, 5) is 29.3. The van der Waals surface area contributed by atoms with Crippen LogP contribution in [-0.2, 0) is 15.0 Å². The van der Waals surface area contributed by atoms with Crippen LogP contribution in [0.25, 0.3) is 0 Å². The van der Waals surface area contributed by atoms with Crippen molar-refractivity contribution in [1.29, 1.82) is 0 Å². The molecule has 3 aliphatic heterocycles. The highest BCUT2D eigenvalue weighted by Gasteiger charge is 2.44. The molecule has 10 nitrogen and oxygen atoms in total. The highest BCUT2D eigenvalue weighted by Crippen LogP contribution is 2.39. The molecule has 218 valence electrons. The van der Waals surface area contributed by atoms with E-state index in [-0.39, 0.29) is 24.1 Å². The topological polar surface area (TPSA) is 121 Å². The van der Waals surface area contributed by atoms with E-state index < -0.39 is 5.54 Å². The lowest BCUT2D eigenvalue weighted by Gasteiger charge is -2.30. The fourth-order valence-corrected chi connectivity index (χ4v) is 5.82. The van der Waals surface area contributed by atoms with Gasteiger partial charge in [-0.3, -0.25) is 4.79 Å². The Kier molecular flexibility index (Phi) is 7.42. The van der Waals surface area contributed by atoms with Crippen LogP contribution >= 0.6 is 0 Å². The minimum Gasteiger partial charge on any atom is -0.475 e. The first-order chi connectivity index (χ1) is 20.3. The van der Waals surface area contributed by atoms with Crippen molar-refractivity contribution in [2.45, 2.75) is 43.8 Å². The van der Waals surface area contributed by atoms with Gasteiger partial charge in [-0.25, -0.2) is 15.0 Å². The molecule has 1 atom stereocenters. The van der Waals surface area contributed by atoms with Crippen LogP contribution in [0.4, 0.5) is 17.3 Å². The Morgan fingerprint density at radius 3 is 2.64 bits per heavy atom. The summed E-state index contributed by atoms with van der Waals surface area (Å²) in [6.45, 7) is 9.92. The normalized spacial score (nSPS) is 19.2. The maximum absolute atomic E-state index is 13.0. The van der Waals surface area contributed by atoms with E-state index in [0.29, 0.717) is 66.4 Å². The Hall–Kier alpha value is -4.28. The van der Waals surface area contributed by atoms with Crippen molar-refractivity contribution in [3.8, 4) is 0 Å². The molecule has 0 radical (unpaired) electrons. The molecule has 10 heteroatoms. The molecule has 3 N–H and O–H groups in total. The Morgan fingerprint density at radius 2 is 1.90 bits per heavy atom. The number of benzene rings is 1. The summed E-state index contributed by atoms with van der Waals surface area (Å²) >= 11 is 0. The van der Waals surface area contributed by atoms with Crippen LogP contribution in [0.1, 0.15) is 59.9 Å². The Bertz CT molecular complexity index is 1520. The molecule has 6 rings (SSSR count). The van der Waals surface area contributed by atoms with Crippen LogP contribution in [0.3, 0.4) is 0 Å². The van der Waals surface area contributed by atoms with Crippen LogP contribution in [0.15, 0.2) is 72.4 Å². The van der Waals surface area contributed by atoms with Gasteiger partial charge in [0.1, 0.15) is 23.8 Å². The standard InChI is InChI=1S/C32H36N6O4/c1-4-14-38-30(40)22-10-11-26(36-28(22)31(38,2)3)35-27-17-24(34-25(19-39)21-8-6-5-7-9-21)23(18-33-27)29-37-32(20-42-29)12-15-41-16-13-32/h4-11,17-18,25,39H,1,12-16,19-20H2,2-3H3,(H2,33,34,35,36)/t25-/m1/s1. The summed E-state index contributed by atoms with van der Waals surface area (Å²) < 4.78 is 11.7. The third-order valence-electron chi connectivity index (χ3n) is 8.28.